The van der Waals surface area contributed by atoms with Gasteiger partial charge >= 0.3 is 0 Å². The molecule has 0 atom stereocenters. The van der Waals surface area contributed by atoms with E-state index >= 15 is 0 Å². The van der Waals surface area contributed by atoms with E-state index in [0.29, 0.717) is 0 Å². The third kappa shape index (κ3) is 2.99. The van der Waals surface area contributed by atoms with E-state index in [0.717, 1.165) is 43.4 Å². The predicted molar refractivity (Wildman–Crippen MR) is 76.1 cm³/mol. The van der Waals surface area contributed by atoms with E-state index in [-0.39, 0.29) is 5.54 Å². The zero-order valence-electron chi connectivity index (χ0n) is 11.7. The summed E-state index contributed by atoms with van der Waals surface area (Å²) >= 11 is 1.45. The SMILES string of the molecule is CCNc1snnc1CN1CCN(C)C(C)(C)C1. The van der Waals surface area contributed by atoms with Crippen molar-refractivity contribution in [1.82, 2.24) is 19.4 Å². The van der Waals surface area contributed by atoms with Crippen molar-refractivity contribution in [3.05, 3.63) is 5.69 Å². The average Bonchev–Trinajstić information content (AvgIpc) is 2.72. The van der Waals surface area contributed by atoms with Crippen LogP contribution in [-0.2, 0) is 6.54 Å². The molecule has 5 nitrogen and oxygen atoms in total. The fraction of sp³-hybridized carbons (Fsp3) is 0.833. The van der Waals surface area contributed by atoms with Crippen LogP contribution in [0.5, 0.6) is 0 Å². The number of hydrogen-bond donors (Lipinski definition) is 1. The summed E-state index contributed by atoms with van der Waals surface area (Å²) in [6.07, 6.45) is 0. The maximum Gasteiger partial charge on any atom is 0.134 e. The first-order valence-corrected chi connectivity index (χ1v) is 7.29. The molecular formula is C12H23N5S. The summed E-state index contributed by atoms with van der Waals surface area (Å²) in [6, 6.07) is 0. The van der Waals surface area contributed by atoms with E-state index in [2.05, 4.69) is 52.5 Å². The van der Waals surface area contributed by atoms with Crippen LogP contribution in [0.2, 0.25) is 0 Å². The van der Waals surface area contributed by atoms with Crippen LogP contribution >= 0.6 is 11.5 Å². The Kier molecular flexibility index (Phi) is 4.19. The molecule has 1 aliphatic heterocycles. The fourth-order valence-corrected chi connectivity index (χ4v) is 2.94. The molecule has 1 aromatic rings. The standard InChI is InChI=1S/C12H23N5S/c1-5-13-11-10(14-15-18-11)8-17-7-6-16(4)12(2,3)9-17/h13H,5-9H2,1-4H3. The van der Waals surface area contributed by atoms with Gasteiger partial charge in [-0.3, -0.25) is 9.80 Å². The minimum absolute atomic E-state index is 0.236. The molecule has 0 saturated carbocycles. The second-order valence-electron chi connectivity index (χ2n) is 5.52. The topological polar surface area (TPSA) is 44.3 Å². The molecule has 2 rings (SSSR count). The normalized spacial score (nSPS) is 21.1. The molecule has 1 aliphatic rings. The highest BCUT2D eigenvalue weighted by Crippen LogP contribution is 2.23. The fourth-order valence-electron chi connectivity index (χ4n) is 2.29. The lowest BCUT2D eigenvalue weighted by molar-refractivity contribution is 0.0355. The van der Waals surface area contributed by atoms with Crippen LogP contribution in [0.4, 0.5) is 5.00 Å². The Bertz CT molecular complexity index is 390. The molecule has 6 heteroatoms. The van der Waals surface area contributed by atoms with Gasteiger partial charge in [0.2, 0.25) is 0 Å². The Labute approximate surface area is 113 Å². The molecule has 0 radical (unpaired) electrons. The molecule has 1 N–H and O–H groups in total. The van der Waals surface area contributed by atoms with Gasteiger partial charge in [0.25, 0.3) is 0 Å². The molecule has 0 spiro atoms. The Balaban J connectivity index is 1.99. The third-order valence-electron chi connectivity index (χ3n) is 3.66. The van der Waals surface area contributed by atoms with E-state index in [1.54, 1.807) is 0 Å². The van der Waals surface area contributed by atoms with Gasteiger partial charge in [-0.25, -0.2) is 0 Å². The molecule has 0 unspecified atom stereocenters. The summed E-state index contributed by atoms with van der Waals surface area (Å²) in [7, 11) is 2.20. The summed E-state index contributed by atoms with van der Waals surface area (Å²) in [5.41, 5.74) is 1.32. The maximum absolute atomic E-state index is 4.25. The van der Waals surface area contributed by atoms with Crippen LogP contribution in [0.1, 0.15) is 26.5 Å². The van der Waals surface area contributed by atoms with Crippen molar-refractivity contribution < 1.29 is 0 Å². The number of anilines is 1. The third-order valence-corrected chi connectivity index (χ3v) is 4.39. The van der Waals surface area contributed by atoms with Gasteiger partial charge in [-0.1, -0.05) is 4.49 Å². The van der Waals surface area contributed by atoms with Crippen molar-refractivity contribution in [1.29, 1.82) is 0 Å². The predicted octanol–water partition coefficient (Wildman–Crippen LogP) is 1.50. The maximum atomic E-state index is 4.25. The van der Waals surface area contributed by atoms with Crippen molar-refractivity contribution in [3.8, 4) is 0 Å². The lowest BCUT2D eigenvalue weighted by Gasteiger charge is -2.45. The van der Waals surface area contributed by atoms with E-state index in [1.807, 2.05) is 0 Å². The summed E-state index contributed by atoms with van der Waals surface area (Å²) < 4.78 is 4.05. The second-order valence-corrected chi connectivity index (χ2v) is 6.28. The first-order valence-electron chi connectivity index (χ1n) is 6.51. The van der Waals surface area contributed by atoms with Crippen LogP contribution in [0.15, 0.2) is 0 Å². The summed E-state index contributed by atoms with van der Waals surface area (Å²) in [6.45, 7) is 11.8. The Morgan fingerprint density at radius 3 is 2.83 bits per heavy atom. The molecule has 102 valence electrons. The van der Waals surface area contributed by atoms with Gasteiger partial charge in [-0.2, -0.15) is 0 Å². The molecule has 18 heavy (non-hydrogen) atoms. The number of nitrogens with one attached hydrogen (secondary N) is 1. The van der Waals surface area contributed by atoms with Crippen molar-refractivity contribution in [3.63, 3.8) is 0 Å². The average molecular weight is 269 g/mol. The quantitative estimate of drug-likeness (QED) is 0.897. The first-order chi connectivity index (χ1) is 8.53. The van der Waals surface area contributed by atoms with E-state index in [9.17, 15) is 0 Å². The lowest BCUT2D eigenvalue weighted by Crippen LogP contribution is -2.57. The molecule has 2 heterocycles. The zero-order valence-corrected chi connectivity index (χ0v) is 12.5. The first kappa shape index (κ1) is 13.7. The van der Waals surface area contributed by atoms with Gasteiger partial charge in [-0.05, 0) is 27.8 Å². The van der Waals surface area contributed by atoms with Crippen molar-refractivity contribution >= 4 is 16.5 Å². The van der Waals surface area contributed by atoms with E-state index in [1.165, 1.54) is 11.5 Å². The number of piperazine rings is 1. The minimum Gasteiger partial charge on any atom is -0.374 e. The highest BCUT2D eigenvalue weighted by atomic mass is 32.1. The zero-order chi connectivity index (χ0) is 13.2. The highest BCUT2D eigenvalue weighted by molar-refractivity contribution is 7.10. The van der Waals surface area contributed by atoms with Gasteiger partial charge in [0.05, 0.1) is 0 Å². The molecule has 0 bridgehead atoms. The number of hydrogen-bond acceptors (Lipinski definition) is 6. The molecule has 1 saturated heterocycles. The highest BCUT2D eigenvalue weighted by Gasteiger charge is 2.31. The van der Waals surface area contributed by atoms with Crippen LogP contribution in [0, 0.1) is 0 Å². The largest absolute Gasteiger partial charge is 0.374 e. The van der Waals surface area contributed by atoms with E-state index in [4.69, 9.17) is 0 Å². The summed E-state index contributed by atoms with van der Waals surface area (Å²) in [4.78, 5) is 4.89. The van der Waals surface area contributed by atoms with E-state index < -0.39 is 0 Å². The van der Waals surface area contributed by atoms with Crippen LogP contribution in [0.25, 0.3) is 0 Å². The van der Waals surface area contributed by atoms with Crippen LogP contribution in [-0.4, -0.2) is 58.2 Å². The van der Waals surface area contributed by atoms with Crippen molar-refractivity contribution in [2.75, 3.05) is 38.5 Å². The number of aromatic nitrogens is 2. The molecule has 0 aliphatic carbocycles. The Morgan fingerprint density at radius 2 is 2.17 bits per heavy atom. The van der Waals surface area contributed by atoms with Crippen LogP contribution in [0.3, 0.4) is 0 Å². The monoisotopic (exact) mass is 269 g/mol. The smallest absolute Gasteiger partial charge is 0.134 e. The molecule has 1 aromatic heterocycles. The molecule has 1 fully saturated rings. The van der Waals surface area contributed by atoms with Crippen molar-refractivity contribution in [2.24, 2.45) is 0 Å². The van der Waals surface area contributed by atoms with Gasteiger partial charge in [0.1, 0.15) is 10.7 Å². The summed E-state index contributed by atoms with van der Waals surface area (Å²) in [5.74, 6) is 0. The second kappa shape index (κ2) is 5.50. The lowest BCUT2D eigenvalue weighted by atomic mass is 10.00. The number of likely N-dealkylation sites (N-methyl/N-ethyl adjacent to an activating group) is 1. The summed E-state index contributed by atoms with van der Waals surface area (Å²) in [5, 5.41) is 8.70. The van der Waals surface area contributed by atoms with Gasteiger partial charge in [0, 0.05) is 49.8 Å². The molecule has 0 amide bonds. The number of rotatable bonds is 4. The minimum atomic E-state index is 0.236. The molecule has 0 aromatic carbocycles. The van der Waals surface area contributed by atoms with Crippen molar-refractivity contribution in [2.45, 2.75) is 32.9 Å². The number of nitrogens with zero attached hydrogens (tertiary/aromatic N) is 4. The van der Waals surface area contributed by atoms with Gasteiger partial charge in [-0.15, -0.1) is 5.10 Å². The van der Waals surface area contributed by atoms with Gasteiger partial charge < -0.3 is 5.32 Å². The Hall–Kier alpha value is -0.720. The Morgan fingerprint density at radius 1 is 1.39 bits per heavy atom. The van der Waals surface area contributed by atoms with Crippen LogP contribution < -0.4 is 5.32 Å². The molecular weight excluding hydrogens is 246 g/mol. The van der Waals surface area contributed by atoms with Gasteiger partial charge in [0.15, 0.2) is 0 Å².